The quantitative estimate of drug-likeness (QED) is 0.674. The second-order valence-electron chi connectivity index (χ2n) is 6.20. The van der Waals surface area contributed by atoms with Crippen LogP contribution in [0.4, 0.5) is 4.39 Å². The predicted molar refractivity (Wildman–Crippen MR) is 94.4 cm³/mol. The van der Waals surface area contributed by atoms with Crippen molar-refractivity contribution < 1.29 is 14.0 Å². The van der Waals surface area contributed by atoms with E-state index in [1.807, 2.05) is 10.9 Å². The van der Waals surface area contributed by atoms with Crippen LogP contribution in [0.5, 0.6) is 0 Å². The van der Waals surface area contributed by atoms with E-state index in [2.05, 4.69) is 21.0 Å². The second kappa shape index (κ2) is 8.57. The van der Waals surface area contributed by atoms with E-state index < -0.39 is 5.82 Å². The molecule has 1 atom stereocenters. The van der Waals surface area contributed by atoms with Gasteiger partial charge in [-0.3, -0.25) is 14.3 Å². The molecule has 138 valence electrons. The third-order valence-corrected chi connectivity index (χ3v) is 4.29. The van der Waals surface area contributed by atoms with Crippen molar-refractivity contribution in [2.24, 2.45) is 0 Å². The van der Waals surface area contributed by atoms with Crippen LogP contribution in [0.3, 0.4) is 0 Å². The van der Waals surface area contributed by atoms with Gasteiger partial charge in [0.25, 0.3) is 11.8 Å². The van der Waals surface area contributed by atoms with Crippen LogP contribution in [0.1, 0.15) is 39.7 Å². The zero-order valence-corrected chi connectivity index (χ0v) is 14.4. The molecule has 1 unspecified atom stereocenters. The van der Waals surface area contributed by atoms with Crippen LogP contribution in [0.2, 0.25) is 0 Å². The summed E-state index contributed by atoms with van der Waals surface area (Å²) in [4.78, 5) is 24.0. The average Bonchev–Trinajstić information content (AvgIpc) is 3.16. The largest absolute Gasteiger partial charge is 0.350 e. The molecule has 1 saturated heterocycles. The first-order valence-corrected chi connectivity index (χ1v) is 8.71. The summed E-state index contributed by atoms with van der Waals surface area (Å²) >= 11 is 0. The lowest BCUT2D eigenvalue weighted by Crippen LogP contribution is -2.35. The van der Waals surface area contributed by atoms with E-state index in [9.17, 15) is 14.0 Å². The highest BCUT2D eigenvalue weighted by Gasteiger charge is 2.17. The molecule has 2 amide bonds. The molecular formula is C18H22FN5O2. The molecule has 3 rings (SSSR count). The van der Waals surface area contributed by atoms with Gasteiger partial charge in [0.05, 0.1) is 6.04 Å². The van der Waals surface area contributed by atoms with Gasteiger partial charge in [-0.15, -0.1) is 0 Å². The number of carbonyl (C=O) groups excluding carboxylic acids is 2. The summed E-state index contributed by atoms with van der Waals surface area (Å²) in [6, 6.07) is 7.26. The Morgan fingerprint density at radius 1 is 1.15 bits per heavy atom. The van der Waals surface area contributed by atoms with Crippen molar-refractivity contribution in [2.45, 2.75) is 18.9 Å². The number of hydrogen-bond acceptors (Lipinski definition) is 4. The van der Waals surface area contributed by atoms with Gasteiger partial charge >= 0.3 is 0 Å². The summed E-state index contributed by atoms with van der Waals surface area (Å²) < 4.78 is 14.7. The van der Waals surface area contributed by atoms with Gasteiger partial charge in [0, 0.05) is 31.4 Å². The number of nitrogens with zero attached hydrogens (tertiary/aromatic N) is 2. The van der Waals surface area contributed by atoms with Gasteiger partial charge in [0.2, 0.25) is 0 Å². The smallest absolute Gasteiger partial charge is 0.271 e. The fourth-order valence-corrected chi connectivity index (χ4v) is 2.87. The first kappa shape index (κ1) is 18.1. The Morgan fingerprint density at radius 3 is 2.58 bits per heavy atom. The minimum absolute atomic E-state index is 0.273. The summed E-state index contributed by atoms with van der Waals surface area (Å²) in [7, 11) is 0. The highest BCUT2D eigenvalue weighted by molar-refractivity contribution is 5.94. The molecule has 1 fully saturated rings. The van der Waals surface area contributed by atoms with Crippen LogP contribution < -0.4 is 16.0 Å². The van der Waals surface area contributed by atoms with Gasteiger partial charge in [0.15, 0.2) is 0 Å². The second-order valence-corrected chi connectivity index (χ2v) is 6.20. The van der Waals surface area contributed by atoms with Gasteiger partial charge in [-0.05, 0) is 49.7 Å². The number of nitrogens with one attached hydrogen (secondary N) is 3. The summed E-state index contributed by atoms with van der Waals surface area (Å²) in [5, 5.41) is 13.1. The lowest BCUT2D eigenvalue weighted by atomic mass is 10.1. The molecule has 1 aliphatic heterocycles. The molecule has 3 N–H and O–H groups in total. The normalized spacial score (nSPS) is 16.9. The van der Waals surface area contributed by atoms with Crippen molar-refractivity contribution in [3.8, 4) is 0 Å². The number of aromatic nitrogens is 2. The van der Waals surface area contributed by atoms with Gasteiger partial charge in [0.1, 0.15) is 11.5 Å². The Balaban J connectivity index is 1.42. The fraction of sp³-hybridized carbons (Fsp3) is 0.389. The van der Waals surface area contributed by atoms with Crippen LogP contribution >= 0.6 is 0 Å². The third-order valence-electron chi connectivity index (χ3n) is 4.29. The average molecular weight is 359 g/mol. The topological polar surface area (TPSA) is 88.0 Å². The minimum atomic E-state index is -0.391. The lowest BCUT2D eigenvalue weighted by Gasteiger charge is -2.22. The van der Waals surface area contributed by atoms with E-state index in [-0.39, 0.29) is 30.9 Å². The Kier molecular flexibility index (Phi) is 5.96. The molecule has 0 bridgehead atoms. The first-order valence-electron chi connectivity index (χ1n) is 8.71. The molecule has 0 saturated carbocycles. The number of carbonyl (C=O) groups is 2. The van der Waals surface area contributed by atoms with E-state index in [1.54, 1.807) is 6.07 Å². The Labute approximate surface area is 151 Å². The molecule has 0 aliphatic carbocycles. The highest BCUT2D eigenvalue weighted by Crippen LogP contribution is 2.15. The Bertz CT molecular complexity index is 753. The molecule has 1 aromatic heterocycles. The number of amides is 2. The van der Waals surface area contributed by atoms with Crippen LogP contribution in [0.25, 0.3) is 0 Å². The van der Waals surface area contributed by atoms with Crippen LogP contribution in [0.15, 0.2) is 36.5 Å². The van der Waals surface area contributed by atoms with Crippen molar-refractivity contribution in [3.05, 3.63) is 53.6 Å². The molecule has 0 spiro atoms. The van der Waals surface area contributed by atoms with Gasteiger partial charge in [-0.25, -0.2) is 4.39 Å². The molecule has 1 aromatic carbocycles. The standard InChI is InChI=1S/C18H22FN5O2/c19-14-5-3-13(4-6-14)17(25)21-9-10-22-18(26)16-7-11-24(23-16)15-2-1-8-20-12-15/h3-7,11,15,20H,1-2,8-10,12H2,(H,21,25)(H,22,26). The molecular weight excluding hydrogens is 337 g/mol. The van der Waals surface area contributed by atoms with Crippen molar-refractivity contribution in [1.29, 1.82) is 0 Å². The monoisotopic (exact) mass is 359 g/mol. The van der Waals surface area contributed by atoms with Crippen LogP contribution in [-0.2, 0) is 0 Å². The number of benzene rings is 1. The van der Waals surface area contributed by atoms with Gasteiger partial charge < -0.3 is 16.0 Å². The molecule has 0 radical (unpaired) electrons. The molecule has 2 heterocycles. The van der Waals surface area contributed by atoms with Crippen LogP contribution in [0, 0.1) is 5.82 Å². The zero-order valence-electron chi connectivity index (χ0n) is 14.4. The summed E-state index contributed by atoms with van der Waals surface area (Å²) in [5.74, 6) is -0.978. The number of halogens is 1. The van der Waals surface area contributed by atoms with E-state index in [4.69, 9.17) is 0 Å². The first-order chi connectivity index (χ1) is 12.6. The molecule has 26 heavy (non-hydrogen) atoms. The summed E-state index contributed by atoms with van der Waals surface area (Å²) in [6.07, 6.45) is 3.97. The highest BCUT2D eigenvalue weighted by atomic mass is 19.1. The van der Waals surface area contributed by atoms with Gasteiger partial charge in [-0.1, -0.05) is 0 Å². The third kappa shape index (κ3) is 4.66. The maximum atomic E-state index is 12.8. The van der Waals surface area contributed by atoms with Crippen LogP contribution in [-0.4, -0.2) is 47.8 Å². The molecule has 2 aromatic rings. The van der Waals surface area contributed by atoms with Crippen molar-refractivity contribution in [2.75, 3.05) is 26.2 Å². The van der Waals surface area contributed by atoms with E-state index in [0.29, 0.717) is 11.3 Å². The van der Waals surface area contributed by atoms with Crippen molar-refractivity contribution in [3.63, 3.8) is 0 Å². The van der Waals surface area contributed by atoms with E-state index >= 15 is 0 Å². The molecule has 8 heteroatoms. The van der Waals surface area contributed by atoms with Gasteiger partial charge in [-0.2, -0.15) is 5.10 Å². The molecule has 7 nitrogen and oxygen atoms in total. The summed E-state index contributed by atoms with van der Waals surface area (Å²) in [6.45, 7) is 2.44. The SMILES string of the molecule is O=C(NCCNC(=O)c1ccn(C2CCCNC2)n1)c1ccc(F)cc1. The number of hydrogen-bond donors (Lipinski definition) is 3. The number of piperidine rings is 1. The predicted octanol–water partition coefficient (Wildman–Crippen LogP) is 1.11. The molecule has 1 aliphatic rings. The van der Waals surface area contributed by atoms with Crippen molar-refractivity contribution in [1.82, 2.24) is 25.7 Å². The summed E-state index contributed by atoms with van der Waals surface area (Å²) in [5.41, 5.74) is 0.734. The van der Waals surface area contributed by atoms with E-state index in [1.165, 1.54) is 24.3 Å². The maximum absolute atomic E-state index is 12.8. The Hall–Kier alpha value is -2.74. The lowest BCUT2D eigenvalue weighted by molar-refractivity contribution is 0.0924. The van der Waals surface area contributed by atoms with Crippen molar-refractivity contribution >= 4 is 11.8 Å². The maximum Gasteiger partial charge on any atom is 0.271 e. The van der Waals surface area contributed by atoms with E-state index in [0.717, 1.165) is 25.9 Å². The Morgan fingerprint density at radius 2 is 1.88 bits per heavy atom. The fourth-order valence-electron chi connectivity index (χ4n) is 2.87. The zero-order chi connectivity index (χ0) is 18.4. The number of rotatable bonds is 6. The minimum Gasteiger partial charge on any atom is -0.350 e.